The molecule has 1 amide bonds. The molecule has 0 aliphatic heterocycles. The van der Waals surface area contributed by atoms with Crippen LogP contribution in [0.1, 0.15) is 18.2 Å². The molecule has 0 aromatic carbocycles. The number of carbonyl (C=O) groups is 1. The summed E-state index contributed by atoms with van der Waals surface area (Å²) in [5, 5.41) is 8.94. The Bertz CT molecular complexity index is 584. The lowest BCUT2D eigenvalue weighted by molar-refractivity contribution is -0.131. The van der Waals surface area contributed by atoms with Crippen LogP contribution in [0.2, 0.25) is 5.02 Å². The number of hydrogen-bond acceptors (Lipinski definition) is 3. The zero-order valence-electron chi connectivity index (χ0n) is 11.9. The Morgan fingerprint density at radius 3 is 2.70 bits per heavy atom. The molecule has 0 saturated heterocycles. The molecule has 6 nitrogen and oxygen atoms in total. The first-order valence-corrected chi connectivity index (χ1v) is 6.82. The Labute approximate surface area is 122 Å². The molecule has 0 atom stereocenters. The van der Waals surface area contributed by atoms with E-state index < -0.39 is 0 Å². The predicted molar refractivity (Wildman–Crippen MR) is 76.3 cm³/mol. The standard InChI is InChI=1S/C13H18ClN5O/c1-4-18-7-11(5-15-18)6-17(3)13(20)9-19-8-12(14)10(2)16-19/h5,7-8H,4,6,9H2,1-3H3. The van der Waals surface area contributed by atoms with Crippen molar-refractivity contribution in [2.45, 2.75) is 33.5 Å². The van der Waals surface area contributed by atoms with Crippen LogP contribution in [-0.2, 0) is 24.4 Å². The Balaban J connectivity index is 1.94. The summed E-state index contributed by atoms with van der Waals surface area (Å²) in [6.45, 7) is 5.38. The number of halogens is 1. The van der Waals surface area contributed by atoms with Gasteiger partial charge in [0, 0.05) is 38.1 Å². The fourth-order valence-corrected chi connectivity index (χ4v) is 2.01. The molecule has 2 aromatic heterocycles. The largest absolute Gasteiger partial charge is 0.340 e. The van der Waals surface area contributed by atoms with Gasteiger partial charge in [0.2, 0.25) is 5.91 Å². The van der Waals surface area contributed by atoms with Crippen molar-refractivity contribution in [3.8, 4) is 0 Å². The third-order valence-electron chi connectivity index (χ3n) is 3.04. The molecule has 0 saturated carbocycles. The fourth-order valence-electron chi connectivity index (χ4n) is 1.86. The number of amides is 1. The van der Waals surface area contributed by atoms with Crippen molar-refractivity contribution < 1.29 is 4.79 Å². The molecule has 2 rings (SSSR count). The van der Waals surface area contributed by atoms with Crippen LogP contribution in [0.15, 0.2) is 18.6 Å². The van der Waals surface area contributed by atoms with Crippen LogP contribution in [0.5, 0.6) is 0 Å². The summed E-state index contributed by atoms with van der Waals surface area (Å²) < 4.78 is 3.40. The summed E-state index contributed by atoms with van der Waals surface area (Å²) in [5.41, 5.74) is 1.74. The van der Waals surface area contributed by atoms with Gasteiger partial charge in [-0.3, -0.25) is 14.2 Å². The number of likely N-dealkylation sites (N-methyl/N-ethyl adjacent to an activating group) is 1. The van der Waals surface area contributed by atoms with Crippen molar-refractivity contribution >= 4 is 17.5 Å². The fraction of sp³-hybridized carbons (Fsp3) is 0.462. The minimum Gasteiger partial charge on any atom is -0.340 e. The topological polar surface area (TPSA) is 56.0 Å². The first-order valence-electron chi connectivity index (χ1n) is 6.44. The molecule has 2 aromatic rings. The van der Waals surface area contributed by atoms with Crippen LogP contribution >= 0.6 is 11.6 Å². The van der Waals surface area contributed by atoms with Crippen LogP contribution in [0.25, 0.3) is 0 Å². The number of aromatic nitrogens is 4. The average molecular weight is 296 g/mol. The number of carbonyl (C=O) groups excluding carboxylic acids is 1. The van der Waals surface area contributed by atoms with Crippen molar-refractivity contribution in [3.63, 3.8) is 0 Å². The number of rotatable bonds is 5. The van der Waals surface area contributed by atoms with Crippen LogP contribution < -0.4 is 0 Å². The lowest BCUT2D eigenvalue weighted by atomic mass is 10.3. The van der Waals surface area contributed by atoms with E-state index in [0.717, 1.165) is 17.8 Å². The van der Waals surface area contributed by atoms with E-state index in [-0.39, 0.29) is 12.5 Å². The summed E-state index contributed by atoms with van der Waals surface area (Å²) in [7, 11) is 1.77. The van der Waals surface area contributed by atoms with Crippen LogP contribution in [0.3, 0.4) is 0 Å². The van der Waals surface area contributed by atoms with Crippen molar-refractivity contribution in [3.05, 3.63) is 34.9 Å². The smallest absolute Gasteiger partial charge is 0.244 e. The molecule has 0 radical (unpaired) electrons. The Morgan fingerprint density at radius 2 is 2.15 bits per heavy atom. The minimum atomic E-state index is -0.0200. The van der Waals surface area contributed by atoms with E-state index in [9.17, 15) is 4.79 Å². The number of hydrogen-bond donors (Lipinski definition) is 0. The van der Waals surface area contributed by atoms with Gasteiger partial charge in [-0.2, -0.15) is 10.2 Å². The van der Waals surface area contributed by atoms with Gasteiger partial charge in [-0.05, 0) is 13.8 Å². The van der Waals surface area contributed by atoms with E-state index in [1.165, 1.54) is 0 Å². The summed E-state index contributed by atoms with van der Waals surface area (Å²) in [5.74, 6) is -0.0200. The normalized spacial score (nSPS) is 10.8. The molecule has 7 heteroatoms. The predicted octanol–water partition coefficient (Wildman–Crippen LogP) is 1.72. The van der Waals surface area contributed by atoms with Crippen LogP contribution in [0, 0.1) is 6.92 Å². The Hall–Kier alpha value is -1.82. The zero-order chi connectivity index (χ0) is 14.7. The first-order chi connectivity index (χ1) is 9.49. The molecular formula is C13H18ClN5O. The first kappa shape index (κ1) is 14.6. The van der Waals surface area contributed by atoms with E-state index in [0.29, 0.717) is 11.6 Å². The van der Waals surface area contributed by atoms with Crippen molar-refractivity contribution in [1.29, 1.82) is 0 Å². The maximum absolute atomic E-state index is 12.1. The molecule has 0 unspecified atom stereocenters. The molecule has 108 valence electrons. The second-order valence-corrected chi connectivity index (χ2v) is 5.12. The lowest BCUT2D eigenvalue weighted by Crippen LogP contribution is -2.29. The van der Waals surface area contributed by atoms with E-state index >= 15 is 0 Å². The number of nitrogens with zero attached hydrogens (tertiary/aromatic N) is 5. The monoisotopic (exact) mass is 295 g/mol. The highest BCUT2D eigenvalue weighted by Crippen LogP contribution is 2.12. The third-order valence-corrected chi connectivity index (χ3v) is 3.41. The number of aryl methyl sites for hydroxylation is 2. The molecular weight excluding hydrogens is 278 g/mol. The van der Waals surface area contributed by atoms with Gasteiger partial charge in [0.1, 0.15) is 6.54 Å². The van der Waals surface area contributed by atoms with Gasteiger partial charge in [0.25, 0.3) is 0 Å². The molecule has 0 bridgehead atoms. The van der Waals surface area contributed by atoms with Gasteiger partial charge >= 0.3 is 0 Å². The molecule has 0 aliphatic carbocycles. The van der Waals surface area contributed by atoms with Gasteiger partial charge in [0.15, 0.2) is 0 Å². The highest BCUT2D eigenvalue weighted by atomic mass is 35.5. The molecule has 20 heavy (non-hydrogen) atoms. The second-order valence-electron chi connectivity index (χ2n) is 4.71. The van der Waals surface area contributed by atoms with Gasteiger partial charge in [-0.1, -0.05) is 11.6 Å². The maximum Gasteiger partial charge on any atom is 0.244 e. The Kier molecular flexibility index (Phi) is 4.44. The van der Waals surface area contributed by atoms with E-state index in [2.05, 4.69) is 10.2 Å². The lowest BCUT2D eigenvalue weighted by Gasteiger charge is -2.16. The van der Waals surface area contributed by atoms with Gasteiger partial charge in [-0.15, -0.1) is 0 Å². The van der Waals surface area contributed by atoms with E-state index in [1.54, 1.807) is 29.0 Å². The molecule has 0 aliphatic rings. The van der Waals surface area contributed by atoms with Crippen molar-refractivity contribution in [2.75, 3.05) is 7.05 Å². The summed E-state index contributed by atoms with van der Waals surface area (Å²) in [6, 6.07) is 0. The van der Waals surface area contributed by atoms with E-state index in [4.69, 9.17) is 11.6 Å². The molecule has 0 spiro atoms. The zero-order valence-corrected chi connectivity index (χ0v) is 12.6. The highest BCUT2D eigenvalue weighted by molar-refractivity contribution is 6.31. The molecule has 0 fully saturated rings. The molecule has 0 N–H and O–H groups in total. The van der Waals surface area contributed by atoms with Gasteiger partial charge < -0.3 is 4.90 Å². The van der Waals surface area contributed by atoms with Crippen molar-refractivity contribution in [1.82, 2.24) is 24.5 Å². The van der Waals surface area contributed by atoms with Gasteiger partial charge in [-0.25, -0.2) is 0 Å². The SMILES string of the molecule is CCn1cc(CN(C)C(=O)Cn2cc(Cl)c(C)n2)cn1. The van der Waals surface area contributed by atoms with Crippen LogP contribution in [-0.4, -0.2) is 37.4 Å². The van der Waals surface area contributed by atoms with Crippen molar-refractivity contribution in [2.24, 2.45) is 0 Å². The minimum absolute atomic E-state index is 0.0200. The third kappa shape index (κ3) is 3.39. The van der Waals surface area contributed by atoms with Crippen LogP contribution in [0.4, 0.5) is 0 Å². The maximum atomic E-state index is 12.1. The summed E-state index contributed by atoms with van der Waals surface area (Å²) in [4.78, 5) is 13.8. The second kappa shape index (κ2) is 6.09. The van der Waals surface area contributed by atoms with E-state index in [1.807, 2.05) is 24.7 Å². The summed E-state index contributed by atoms with van der Waals surface area (Å²) in [6.07, 6.45) is 5.39. The Morgan fingerprint density at radius 1 is 1.40 bits per heavy atom. The highest BCUT2D eigenvalue weighted by Gasteiger charge is 2.12. The quantitative estimate of drug-likeness (QED) is 0.844. The summed E-state index contributed by atoms with van der Waals surface area (Å²) >= 11 is 5.92. The van der Waals surface area contributed by atoms with Gasteiger partial charge in [0.05, 0.1) is 16.9 Å². The molecule has 2 heterocycles. The average Bonchev–Trinajstić information content (AvgIpc) is 2.97.